The van der Waals surface area contributed by atoms with E-state index in [2.05, 4.69) is 11.0 Å². The largest absolute Gasteiger partial charge is 0.375 e. The van der Waals surface area contributed by atoms with E-state index in [0.29, 0.717) is 12.1 Å². The van der Waals surface area contributed by atoms with Gasteiger partial charge in [0.15, 0.2) is 0 Å². The van der Waals surface area contributed by atoms with E-state index >= 15 is 0 Å². The fraction of sp³-hybridized carbons (Fsp3) is 0.500. The molecule has 0 aliphatic carbocycles. The number of hydrogen-bond acceptors (Lipinski definition) is 3. The zero-order valence-corrected chi connectivity index (χ0v) is 10.4. The monoisotopic (exact) mass is 244 g/mol. The van der Waals surface area contributed by atoms with E-state index in [9.17, 15) is 4.79 Å². The van der Waals surface area contributed by atoms with Crippen molar-refractivity contribution in [3.05, 3.63) is 29.8 Å². The summed E-state index contributed by atoms with van der Waals surface area (Å²) in [7, 11) is 1.87. The zero-order chi connectivity index (χ0) is 12.3. The lowest BCUT2D eigenvalue weighted by Gasteiger charge is -2.31. The molecular weight excluding hydrogens is 228 g/mol. The molecule has 1 aromatic rings. The summed E-state index contributed by atoms with van der Waals surface area (Å²) in [5.74, 6) is 0.198. The number of amides is 1. The van der Waals surface area contributed by atoms with Gasteiger partial charge >= 0.3 is 0 Å². The SMILES string of the molecule is CN1C(=O)C(N2C[C@H]3C[C@@H]2CO3)c2ccccc21. The maximum absolute atomic E-state index is 12.5. The number of likely N-dealkylation sites (tertiary alicyclic amines) is 1. The highest BCUT2D eigenvalue weighted by Crippen LogP contribution is 2.43. The molecule has 3 aliphatic rings. The molecule has 2 bridgehead atoms. The Morgan fingerprint density at radius 2 is 2.17 bits per heavy atom. The van der Waals surface area contributed by atoms with E-state index in [1.54, 1.807) is 4.90 Å². The molecular formula is C14H16N2O2. The maximum atomic E-state index is 12.5. The number of morpholine rings is 1. The van der Waals surface area contributed by atoms with Crippen molar-refractivity contribution in [3.8, 4) is 0 Å². The number of ether oxygens (including phenoxy) is 1. The molecule has 4 rings (SSSR count). The number of likely N-dealkylation sites (N-methyl/N-ethyl adjacent to an activating group) is 1. The highest BCUT2D eigenvalue weighted by atomic mass is 16.5. The lowest BCUT2D eigenvalue weighted by molar-refractivity contribution is -0.124. The van der Waals surface area contributed by atoms with Crippen molar-refractivity contribution in [1.82, 2.24) is 4.90 Å². The van der Waals surface area contributed by atoms with Crippen LogP contribution in [0.25, 0.3) is 0 Å². The Morgan fingerprint density at radius 1 is 1.33 bits per heavy atom. The number of anilines is 1. The quantitative estimate of drug-likeness (QED) is 0.743. The van der Waals surface area contributed by atoms with Gasteiger partial charge in [-0.25, -0.2) is 0 Å². The molecule has 0 spiro atoms. The number of carbonyl (C=O) groups is 1. The van der Waals surface area contributed by atoms with Crippen molar-refractivity contribution in [3.63, 3.8) is 0 Å². The Labute approximate surface area is 106 Å². The highest BCUT2D eigenvalue weighted by Gasteiger charge is 2.48. The smallest absolute Gasteiger partial charge is 0.248 e. The van der Waals surface area contributed by atoms with Gasteiger partial charge in [-0.05, 0) is 12.5 Å². The molecule has 0 N–H and O–H groups in total. The van der Waals surface area contributed by atoms with Crippen LogP contribution in [0.1, 0.15) is 18.0 Å². The van der Waals surface area contributed by atoms with Crippen LogP contribution >= 0.6 is 0 Å². The molecule has 2 saturated heterocycles. The molecule has 4 heteroatoms. The third-order valence-corrected chi connectivity index (χ3v) is 4.43. The molecule has 18 heavy (non-hydrogen) atoms. The first-order valence-corrected chi connectivity index (χ1v) is 6.49. The summed E-state index contributed by atoms with van der Waals surface area (Å²) in [6.07, 6.45) is 1.41. The number of carbonyl (C=O) groups excluding carboxylic acids is 1. The van der Waals surface area contributed by atoms with E-state index in [1.807, 2.05) is 25.2 Å². The van der Waals surface area contributed by atoms with Gasteiger partial charge in [0.2, 0.25) is 5.91 Å². The first-order valence-electron chi connectivity index (χ1n) is 6.49. The summed E-state index contributed by atoms with van der Waals surface area (Å²) in [5, 5.41) is 0. The summed E-state index contributed by atoms with van der Waals surface area (Å²) < 4.78 is 5.63. The van der Waals surface area contributed by atoms with Gasteiger partial charge in [0, 0.05) is 30.9 Å². The lowest BCUT2D eigenvalue weighted by atomic mass is 10.1. The molecule has 0 saturated carbocycles. The second-order valence-electron chi connectivity index (χ2n) is 5.40. The van der Waals surface area contributed by atoms with E-state index in [1.165, 1.54) is 0 Å². The summed E-state index contributed by atoms with van der Waals surface area (Å²) in [6, 6.07) is 8.44. The van der Waals surface area contributed by atoms with E-state index in [4.69, 9.17) is 4.74 Å². The van der Waals surface area contributed by atoms with Crippen LogP contribution in [0.4, 0.5) is 5.69 Å². The number of rotatable bonds is 1. The Bertz CT molecular complexity index is 516. The predicted octanol–water partition coefficient (Wildman–Crippen LogP) is 1.18. The van der Waals surface area contributed by atoms with Gasteiger partial charge in [0.25, 0.3) is 0 Å². The van der Waals surface area contributed by atoms with Gasteiger partial charge in [-0.2, -0.15) is 0 Å². The number of para-hydroxylation sites is 1. The molecule has 4 nitrogen and oxygen atoms in total. The van der Waals surface area contributed by atoms with E-state index in [0.717, 1.165) is 30.8 Å². The number of benzene rings is 1. The first-order chi connectivity index (χ1) is 8.75. The molecule has 0 aromatic heterocycles. The fourth-order valence-corrected chi connectivity index (χ4v) is 3.53. The van der Waals surface area contributed by atoms with Crippen LogP contribution in [0.3, 0.4) is 0 Å². The highest BCUT2D eigenvalue weighted by molar-refractivity contribution is 6.04. The van der Waals surface area contributed by atoms with Crippen molar-refractivity contribution in [1.29, 1.82) is 0 Å². The summed E-state index contributed by atoms with van der Waals surface area (Å²) in [4.78, 5) is 16.6. The minimum Gasteiger partial charge on any atom is -0.375 e. The van der Waals surface area contributed by atoms with Crippen LogP contribution in [0.5, 0.6) is 0 Å². The van der Waals surface area contributed by atoms with Crippen LogP contribution in [0.2, 0.25) is 0 Å². The molecule has 3 heterocycles. The molecule has 2 fully saturated rings. The number of hydrogen-bond donors (Lipinski definition) is 0. The van der Waals surface area contributed by atoms with Crippen LogP contribution in [0, 0.1) is 0 Å². The second kappa shape index (κ2) is 3.56. The van der Waals surface area contributed by atoms with Crippen molar-refractivity contribution in [2.24, 2.45) is 0 Å². The van der Waals surface area contributed by atoms with E-state index in [-0.39, 0.29) is 11.9 Å². The van der Waals surface area contributed by atoms with Gasteiger partial charge in [0.1, 0.15) is 6.04 Å². The minimum absolute atomic E-state index is 0.0925. The van der Waals surface area contributed by atoms with Gasteiger partial charge < -0.3 is 9.64 Å². The fourth-order valence-electron chi connectivity index (χ4n) is 3.53. The van der Waals surface area contributed by atoms with Crippen LogP contribution < -0.4 is 4.90 Å². The second-order valence-corrected chi connectivity index (χ2v) is 5.40. The molecule has 3 aliphatic heterocycles. The van der Waals surface area contributed by atoms with Gasteiger partial charge in [-0.15, -0.1) is 0 Å². The zero-order valence-electron chi connectivity index (χ0n) is 10.4. The average molecular weight is 244 g/mol. The van der Waals surface area contributed by atoms with Crippen molar-refractivity contribution in [2.45, 2.75) is 24.6 Å². The Morgan fingerprint density at radius 3 is 2.89 bits per heavy atom. The van der Waals surface area contributed by atoms with Crippen LogP contribution in [0.15, 0.2) is 24.3 Å². The van der Waals surface area contributed by atoms with Crippen molar-refractivity contribution < 1.29 is 9.53 Å². The number of nitrogens with zero attached hydrogens (tertiary/aromatic N) is 2. The standard InChI is InChI=1S/C14H16N2O2/c1-15-12-5-3-2-4-11(12)13(14(15)17)16-7-10-6-9(16)8-18-10/h2-5,9-10,13H,6-8H2,1H3/t9-,10-,13?/m1/s1. The Kier molecular flexibility index (Phi) is 2.08. The third-order valence-electron chi connectivity index (χ3n) is 4.43. The molecule has 1 amide bonds. The lowest BCUT2D eigenvalue weighted by Crippen LogP contribution is -2.43. The van der Waals surface area contributed by atoms with Gasteiger partial charge in [0.05, 0.1) is 12.7 Å². The van der Waals surface area contributed by atoms with Crippen LogP contribution in [-0.4, -0.2) is 43.2 Å². The molecule has 94 valence electrons. The topological polar surface area (TPSA) is 32.8 Å². The summed E-state index contributed by atoms with van der Waals surface area (Å²) in [6.45, 7) is 1.67. The van der Waals surface area contributed by atoms with Gasteiger partial charge in [-0.1, -0.05) is 18.2 Å². The van der Waals surface area contributed by atoms with E-state index < -0.39 is 0 Å². The maximum Gasteiger partial charge on any atom is 0.248 e. The summed E-state index contributed by atoms with van der Waals surface area (Å²) >= 11 is 0. The Balaban J connectivity index is 1.75. The van der Waals surface area contributed by atoms with Crippen molar-refractivity contribution >= 4 is 11.6 Å². The minimum atomic E-state index is -0.0925. The molecule has 1 unspecified atom stereocenters. The molecule has 3 atom stereocenters. The third kappa shape index (κ3) is 1.25. The number of fused-ring (bicyclic) bond motifs is 3. The normalized spacial score (nSPS) is 34.4. The molecule has 1 aromatic carbocycles. The first kappa shape index (κ1) is 10.5. The molecule has 0 radical (unpaired) electrons. The Hall–Kier alpha value is -1.39. The van der Waals surface area contributed by atoms with Gasteiger partial charge in [-0.3, -0.25) is 9.69 Å². The van der Waals surface area contributed by atoms with Crippen LogP contribution in [-0.2, 0) is 9.53 Å². The van der Waals surface area contributed by atoms with Crippen molar-refractivity contribution in [2.75, 3.05) is 25.1 Å². The summed E-state index contributed by atoms with van der Waals surface area (Å²) in [5.41, 5.74) is 2.20. The predicted molar refractivity (Wildman–Crippen MR) is 67.4 cm³/mol. The average Bonchev–Trinajstić information content (AvgIpc) is 3.06.